The van der Waals surface area contributed by atoms with Crippen LogP contribution in [0.3, 0.4) is 0 Å². The number of rotatable bonds is 5. The summed E-state index contributed by atoms with van der Waals surface area (Å²) in [5.41, 5.74) is 2.99. The normalized spacial score (nSPS) is 18.8. The maximum absolute atomic E-state index is 12.6. The third kappa shape index (κ3) is 4.88. The summed E-state index contributed by atoms with van der Waals surface area (Å²) in [6.45, 7) is 6.19. The minimum absolute atomic E-state index is 0.0247. The smallest absolute Gasteiger partial charge is 0.251 e. The minimum atomic E-state index is 0.0247. The summed E-state index contributed by atoms with van der Waals surface area (Å²) >= 11 is 0. The van der Waals surface area contributed by atoms with Crippen LogP contribution in [0, 0.1) is 0 Å². The third-order valence-electron chi connectivity index (χ3n) is 5.54. The molecule has 2 aromatic rings. The molecule has 2 aliphatic rings. The van der Waals surface area contributed by atoms with E-state index in [1.165, 1.54) is 0 Å². The molecule has 0 unspecified atom stereocenters. The monoisotopic (exact) mass is 380 g/mol. The van der Waals surface area contributed by atoms with Gasteiger partial charge in [0.05, 0.1) is 18.9 Å². The van der Waals surface area contributed by atoms with Crippen LogP contribution in [0.15, 0.2) is 48.7 Å². The molecular formula is C22H28N4O2. The number of hydrogen-bond donors (Lipinski definition) is 1. The van der Waals surface area contributed by atoms with Crippen LogP contribution >= 0.6 is 0 Å². The first-order chi connectivity index (χ1) is 13.8. The van der Waals surface area contributed by atoms with Gasteiger partial charge >= 0.3 is 0 Å². The van der Waals surface area contributed by atoms with Crippen LogP contribution in [-0.2, 0) is 11.3 Å². The van der Waals surface area contributed by atoms with E-state index in [0.717, 1.165) is 75.7 Å². The molecule has 148 valence electrons. The van der Waals surface area contributed by atoms with Crippen molar-refractivity contribution in [3.63, 3.8) is 0 Å². The van der Waals surface area contributed by atoms with Gasteiger partial charge in [-0.3, -0.25) is 14.7 Å². The van der Waals surface area contributed by atoms with Crippen molar-refractivity contribution in [3.05, 3.63) is 59.9 Å². The van der Waals surface area contributed by atoms with Gasteiger partial charge in [0.1, 0.15) is 0 Å². The summed E-state index contributed by atoms with van der Waals surface area (Å²) in [4.78, 5) is 21.7. The van der Waals surface area contributed by atoms with E-state index >= 15 is 0 Å². The van der Waals surface area contributed by atoms with Gasteiger partial charge in [0, 0.05) is 56.2 Å². The van der Waals surface area contributed by atoms with Crippen molar-refractivity contribution in [3.8, 4) is 0 Å². The zero-order valence-corrected chi connectivity index (χ0v) is 16.2. The minimum Gasteiger partial charge on any atom is -0.378 e. The molecule has 4 rings (SSSR count). The molecule has 0 radical (unpaired) electrons. The van der Waals surface area contributed by atoms with Gasteiger partial charge in [-0.15, -0.1) is 0 Å². The van der Waals surface area contributed by atoms with E-state index in [4.69, 9.17) is 4.74 Å². The fraction of sp³-hybridized carbons (Fsp3) is 0.455. The molecule has 1 N–H and O–H groups in total. The molecule has 2 saturated heterocycles. The summed E-state index contributed by atoms with van der Waals surface area (Å²) in [5, 5.41) is 3.20. The molecule has 0 spiro atoms. The molecule has 0 atom stereocenters. The lowest BCUT2D eigenvalue weighted by Gasteiger charge is -2.32. The average Bonchev–Trinajstić information content (AvgIpc) is 2.76. The highest BCUT2D eigenvalue weighted by Crippen LogP contribution is 2.18. The van der Waals surface area contributed by atoms with Crippen molar-refractivity contribution in [2.24, 2.45) is 0 Å². The Balaban J connectivity index is 1.25. The summed E-state index contributed by atoms with van der Waals surface area (Å²) < 4.78 is 5.40. The number of piperidine rings is 1. The molecular weight excluding hydrogens is 352 g/mol. The summed E-state index contributed by atoms with van der Waals surface area (Å²) in [6.07, 6.45) is 3.79. The van der Waals surface area contributed by atoms with Crippen LogP contribution in [0.4, 0.5) is 5.69 Å². The number of benzene rings is 1. The number of nitrogens with zero attached hydrogens (tertiary/aromatic N) is 3. The first-order valence-corrected chi connectivity index (χ1v) is 10.1. The number of ether oxygens (including phenoxy) is 1. The molecule has 1 amide bonds. The van der Waals surface area contributed by atoms with Crippen molar-refractivity contribution in [1.29, 1.82) is 0 Å². The summed E-state index contributed by atoms with van der Waals surface area (Å²) in [7, 11) is 0. The molecule has 0 saturated carbocycles. The van der Waals surface area contributed by atoms with Crippen LogP contribution in [0.2, 0.25) is 0 Å². The Kier molecular flexibility index (Phi) is 6.19. The molecule has 0 aliphatic carbocycles. The highest BCUT2D eigenvalue weighted by atomic mass is 16.5. The second-order valence-electron chi connectivity index (χ2n) is 7.49. The Morgan fingerprint density at radius 2 is 1.79 bits per heavy atom. The summed E-state index contributed by atoms with van der Waals surface area (Å²) in [5.74, 6) is 0.0247. The van der Waals surface area contributed by atoms with E-state index in [1.807, 2.05) is 42.6 Å². The Hall–Kier alpha value is -2.44. The SMILES string of the molecule is O=C(NC1CCN(Cc2ccccn2)CC1)c1ccc(N2CCOCC2)cc1. The maximum atomic E-state index is 12.6. The van der Waals surface area contributed by atoms with Gasteiger partial charge in [-0.25, -0.2) is 0 Å². The number of hydrogen-bond acceptors (Lipinski definition) is 5. The van der Waals surface area contributed by atoms with Crippen LogP contribution in [0.1, 0.15) is 28.9 Å². The average molecular weight is 380 g/mol. The molecule has 6 heteroatoms. The largest absolute Gasteiger partial charge is 0.378 e. The van der Waals surface area contributed by atoms with Crippen molar-refractivity contribution < 1.29 is 9.53 Å². The zero-order chi connectivity index (χ0) is 19.2. The Morgan fingerprint density at radius 1 is 1.04 bits per heavy atom. The van der Waals surface area contributed by atoms with Gasteiger partial charge in [0.15, 0.2) is 0 Å². The first kappa shape index (κ1) is 18.9. The van der Waals surface area contributed by atoms with E-state index in [-0.39, 0.29) is 11.9 Å². The van der Waals surface area contributed by atoms with Gasteiger partial charge < -0.3 is 15.0 Å². The van der Waals surface area contributed by atoms with Crippen LogP contribution in [-0.4, -0.2) is 61.2 Å². The van der Waals surface area contributed by atoms with E-state index in [0.29, 0.717) is 0 Å². The Bertz CT molecular complexity index is 752. The van der Waals surface area contributed by atoms with Crippen molar-refractivity contribution in [2.75, 3.05) is 44.3 Å². The predicted octanol–water partition coefficient (Wildman–Crippen LogP) is 2.31. The molecule has 28 heavy (non-hydrogen) atoms. The van der Waals surface area contributed by atoms with Crippen LogP contribution in [0.25, 0.3) is 0 Å². The van der Waals surface area contributed by atoms with Crippen molar-refractivity contribution in [1.82, 2.24) is 15.2 Å². The first-order valence-electron chi connectivity index (χ1n) is 10.1. The van der Waals surface area contributed by atoms with Crippen LogP contribution in [0.5, 0.6) is 0 Å². The Morgan fingerprint density at radius 3 is 2.46 bits per heavy atom. The standard InChI is InChI=1S/C22H28N4O2/c27-22(18-4-6-21(7-5-18)26-13-15-28-16-14-26)24-19-8-11-25(12-9-19)17-20-3-1-2-10-23-20/h1-7,10,19H,8-9,11-17H2,(H,24,27). The quantitative estimate of drug-likeness (QED) is 0.863. The molecule has 0 bridgehead atoms. The molecule has 6 nitrogen and oxygen atoms in total. The van der Waals surface area contributed by atoms with E-state index in [2.05, 4.69) is 26.2 Å². The topological polar surface area (TPSA) is 57.7 Å². The van der Waals surface area contributed by atoms with Gasteiger partial charge in [0.25, 0.3) is 5.91 Å². The van der Waals surface area contributed by atoms with Gasteiger partial charge in [-0.1, -0.05) is 6.07 Å². The number of carbonyl (C=O) groups is 1. The molecule has 1 aromatic heterocycles. The second-order valence-corrected chi connectivity index (χ2v) is 7.49. The van der Waals surface area contributed by atoms with Gasteiger partial charge in [-0.2, -0.15) is 0 Å². The third-order valence-corrected chi connectivity index (χ3v) is 5.54. The fourth-order valence-corrected chi connectivity index (χ4v) is 3.87. The van der Waals surface area contributed by atoms with Crippen molar-refractivity contribution in [2.45, 2.75) is 25.4 Å². The zero-order valence-electron chi connectivity index (χ0n) is 16.2. The maximum Gasteiger partial charge on any atom is 0.251 e. The van der Waals surface area contributed by atoms with E-state index < -0.39 is 0 Å². The van der Waals surface area contributed by atoms with Gasteiger partial charge in [0.2, 0.25) is 0 Å². The predicted molar refractivity (Wildman–Crippen MR) is 109 cm³/mol. The highest BCUT2D eigenvalue weighted by molar-refractivity contribution is 5.94. The molecule has 2 fully saturated rings. The second kappa shape index (κ2) is 9.17. The number of anilines is 1. The number of carbonyl (C=O) groups excluding carboxylic acids is 1. The summed E-state index contributed by atoms with van der Waals surface area (Å²) in [6, 6.07) is 14.2. The highest BCUT2D eigenvalue weighted by Gasteiger charge is 2.21. The number of morpholine rings is 1. The van der Waals surface area contributed by atoms with E-state index in [1.54, 1.807) is 0 Å². The number of nitrogens with one attached hydrogen (secondary N) is 1. The molecule has 1 aromatic carbocycles. The lowest BCUT2D eigenvalue weighted by Crippen LogP contribution is -2.44. The van der Waals surface area contributed by atoms with Gasteiger partial charge in [-0.05, 0) is 49.2 Å². The number of pyridine rings is 1. The van der Waals surface area contributed by atoms with E-state index in [9.17, 15) is 4.79 Å². The number of amides is 1. The lowest BCUT2D eigenvalue weighted by atomic mass is 10.0. The lowest BCUT2D eigenvalue weighted by molar-refractivity contribution is 0.0908. The fourth-order valence-electron chi connectivity index (χ4n) is 3.87. The Labute approximate surface area is 166 Å². The van der Waals surface area contributed by atoms with Crippen molar-refractivity contribution >= 4 is 11.6 Å². The number of aromatic nitrogens is 1. The molecule has 3 heterocycles. The molecule has 2 aliphatic heterocycles. The van der Waals surface area contributed by atoms with Crippen LogP contribution < -0.4 is 10.2 Å². The number of likely N-dealkylation sites (tertiary alicyclic amines) is 1.